The van der Waals surface area contributed by atoms with Gasteiger partial charge in [-0.3, -0.25) is 9.59 Å². The van der Waals surface area contributed by atoms with Crippen LogP contribution in [-0.4, -0.2) is 55.5 Å². The molecule has 3 heterocycles. The number of aromatic amines is 1. The summed E-state index contributed by atoms with van der Waals surface area (Å²) >= 11 is 1.60. The van der Waals surface area contributed by atoms with E-state index in [-0.39, 0.29) is 11.8 Å². The molecule has 2 N–H and O–H groups in total. The highest BCUT2D eigenvalue weighted by molar-refractivity contribution is 7.99. The summed E-state index contributed by atoms with van der Waals surface area (Å²) in [4.78, 5) is 35.5. The van der Waals surface area contributed by atoms with E-state index in [9.17, 15) is 9.59 Å². The number of imidazole rings is 1. The van der Waals surface area contributed by atoms with Crippen molar-refractivity contribution >= 4 is 45.5 Å². The van der Waals surface area contributed by atoms with Crippen LogP contribution in [0.1, 0.15) is 16.2 Å². The fraction of sp³-hybridized carbons (Fsp3) is 0.261. The van der Waals surface area contributed by atoms with E-state index >= 15 is 0 Å². The number of hydrogen-bond donors (Lipinski definition) is 2. The Morgan fingerprint density at radius 3 is 2.90 bits per heavy atom. The molecule has 0 aliphatic carbocycles. The van der Waals surface area contributed by atoms with E-state index in [1.54, 1.807) is 22.9 Å². The van der Waals surface area contributed by atoms with E-state index in [2.05, 4.69) is 19.9 Å². The summed E-state index contributed by atoms with van der Waals surface area (Å²) < 4.78 is 2.11. The van der Waals surface area contributed by atoms with Crippen LogP contribution in [0.15, 0.2) is 54.7 Å². The highest BCUT2D eigenvalue weighted by Gasteiger charge is 2.35. The molecule has 158 valence electrons. The van der Waals surface area contributed by atoms with Crippen molar-refractivity contribution in [1.82, 2.24) is 24.8 Å². The van der Waals surface area contributed by atoms with Crippen molar-refractivity contribution in [3.05, 3.63) is 66.1 Å². The standard InChI is InChI=1S/C23H23N5O2S/c1-15-26-19-8-4-5-9-20(19)27(15)11-10-24-22(29)21-13-31-14-28(21)23(30)17-12-25-18-7-3-2-6-16(17)18/h2-9,12,21,25H,10-11,13-14H2,1H3,(H,24,29). The molecular weight excluding hydrogens is 410 g/mol. The number of para-hydroxylation sites is 3. The lowest BCUT2D eigenvalue weighted by molar-refractivity contribution is -0.124. The van der Waals surface area contributed by atoms with Crippen molar-refractivity contribution < 1.29 is 9.59 Å². The van der Waals surface area contributed by atoms with Crippen LogP contribution < -0.4 is 5.32 Å². The molecule has 31 heavy (non-hydrogen) atoms. The first kappa shape index (κ1) is 19.7. The van der Waals surface area contributed by atoms with Gasteiger partial charge in [-0.05, 0) is 25.1 Å². The second-order valence-corrected chi connectivity index (χ2v) is 8.63. The van der Waals surface area contributed by atoms with Gasteiger partial charge in [0.05, 0.1) is 22.5 Å². The van der Waals surface area contributed by atoms with Gasteiger partial charge in [-0.2, -0.15) is 0 Å². The molecule has 1 aliphatic heterocycles. The summed E-state index contributed by atoms with van der Waals surface area (Å²) in [6.07, 6.45) is 1.73. The summed E-state index contributed by atoms with van der Waals surface area (Å²) in [6.45, 7) is 3.09. The number of hydrogen-bond acceptors (Lipinski definition) is 4. The molecule has 0 saturated carbocycles. The van der Waals surface area contributed by atoms with Gasteiger partial charge < -0.3 is 19.8 Å². The molecule has 5 rings (SSSR count). The minimum atomic E-state index is -0.466. The lowest BCUT2D eigenvalue weighted by atomic mass is 10.1. The quantitative estimate of drug-likeness (QED) is 0.507. The van der Waals surface area contributed by atoms with Crippen LogP contribution in [0.4, 0.5) is 0 Å². The highest BCUT2D eigenvalue weighted by atomic mass is 32.2. The van der Waals surface area contributed by atoms with Crippen LogP contribution >= 0.6 is 11.8 Å². The van der Waals surface area contributed by atoms with E-state index in [0.717, 1.165) is 27.8 Å². The second kappa shape index (κ2) is 8.11. The minimum absolute atomic E-state index is 0.111. The Kier molecular flexibility index (Phi) is 5.15. The van der Waals surface area contributed by atoms with Gasteiger partial charge in [-0.25, -0.2) is 4.98 Å². The van der Waals surface area contributed by atoms with Gasteiger partial charge in [0.15, 0.2) is 0 Å². The van der Waals surface area contributed by atoms with Crippen molar-refractivity contribution in [2.45, 2.75) is 19.5 Å². The fourth-order valence-corrected chi connectivity index (χ4v) is 5.30. The molecular formula is C23H23N5O2S. The highest BCUT2D eigenvalue weighted by Crippen LogP contribution is 2.26. The van der Waals surface area contributed by atoms with Gasteiger partial charge in [-0.1, -0.05) is 30.3 Å². The summed E-state index contributed by atoms with van der Waals surface area (Å²) in [5.41, 5.74) is 3.54. The molecule has 0 bridgehead atoms. The number of nitrogens with one attached hydrogen (secondary N) is 2. The van der Waals surface area contributed by atoms with Gasteiger partial charge in [0, 0.05) is 35.9 Å². The number of carbonyl (C=O) groups excluding carboxylic acids is 2. The Morgan fingerprint density at radius 2 is 2.00 bits per heavy atom. The van der Waals surface area contributed by atoms with Gasteiger partial charge in [-0.15, -0.1) is 11.8 Å². The molecule has 4 aromatic rings. The van der Waals surface area contributed by atoms with Crippen LogP contribution in [0.25, 0.3) is 21.9 Å². The number of carbonyl (C=O) groups is 2. The van der Waals surface area contributed by atoms with Crippen molar-refractivity contribution in [1.29, 1.82) is 0 Å². The number of aromatic nitrogens is 3. The third-order valence-corrected chi connectivity index (χ3v) is 6.76. The maximum Gasteiger partial charge on any atom is 0.257 e. The number of rotatable bonds is 5. The van der Waals surface area contributed by atoms with Crippen molar-refractivity contribution in [3.8, 4) is 0 Å². The van der Waals surface area contributed by atoms with Crippen LogP contribution in [0.5, 0.6) is 0 Å². The first-order valence-electron chi connectivity index (χ1n) is 10.3. The lowest BCUT2D eigenvalue weighted by Crippen LogP contribution is -2.47. The molecule has 8 heteroatoms. The van der Waals surface area contributed by atoms with Gasteiger partial charge in [0.25, 0.3) is 5.91 Å². The van der Waals surface area contributed by atoms with E-state index < -0.39 is 6.04 Å². The van der Waals surface area contributed by atoms with Crippen molar-refractivity contribution in [2.75, 3.05) is 18.2 Å². The normalized spacial score (nSPS) is 16.3. The summed E-state index contributed by atoms with van der Waals surface area (Å²) in [5, 5.41) is 3.90. The molecule has 1 saturated heterocycles. The van der Waals surface area contributed by atoms with Crippen LogP contribution in [0.2, 0.25) is 0 Å². The molecule has 2 aromatic carbocycles. The first-order chi connectivity index (χ1) is 15.1. The van der Waals surface area contributed by atoms with Crippen molar-refractivity contribution in [2.24, 2.45) is 0 Å². The van der Waals surface area contributed by atoms with Crippen molar-refractivity contribution in [3.63, 3.8) is 0 Å². The van der Waals surface area contributed by atoms with Gasteiger partial charge in [0.1, 0.15) is 11.9 Å². The molecule has 0 spiro atoms. The smallest absolute Gasteiger partial charge is 0.257 e. The lowest BCUT2D eigenvalue weighted by Gasteiger charge is -2.23. The molecule has 7 nitrogen and oxygen atoms in total. The van der Waals surface area contributed by atoms with E-state index in [0.29, 0.717) is 30.3 Å². The Labute approximate surface area is 183 Å². The Hall–Kier alpha value is -3.26. The first-order valence-corrected chi connectivity index (χ1v) is 11.4. The number of fused-ring (bicyclic) bond motifs is 2. The number of nitrogens with zero attached hydrogens (tertiary/aromatic N) is 3. The van der Waals surface area contributed by atoms with Crippen LogP contribution in [0.3, 0.4) is 0 Å². The molecule has 2 amide bonds. The zero-order chi connectivity index (χ0) is 21.4. The zero-order valence-electron chi connectivity index (χ0n) is 17.2. The number of benzene rings is 2. The predicted octanol–water partition coefficient (Wildman–Crippen LogP) is 3.16. The van der Waals surface area contributed by atoms with E-state index in [1.165, 1.54) is 0 Å². The third kappa shape index (κ3) is 3.57. The third-order valence-electron chi connectivity index (χ3n) is 5.75. The number of H-pyrrole nitrogens is 1. The Balaban J connectivity index is 1.26. The average Bonchev–Trinajstić information content (AvgIpc) is 3.50. The molecule has 1 aliphatic rings. The largest absolute Gasteiger partial charge is 0.360 e. The summed E-state index contributed by atoms with van der Waals surface area (Å²) in [5.74, 6) is 1.82. The maximum absolute atomic E-state index is 13.2. The van der Waals surface area contributed by atoms with Crippen LogP contribution in [-0.2, 0) is 11.3 Å². The maximum atomic E-state index is 13.2. The predicted molar refractivity (Wildman–Crippen MR) is 123 cm³/mol. The van der Waals surface area contributed by atoms with E-state index in [1.807, 2.05) is 55.5 Å². The van der Waals surface area contributed by atoms with Crippen LogP contribution in [0, 0.1) is 6.92 Å². The Bertz CT molecular complexity index is 1280. The SMILES string of the molecule is Cc1nc2ccccc2n1CCNC(=O)C1CSCN1C(=O)c1c[nH]c2ccccc12. The molecule has 1 atom stereocenters. The minimum Gasteiger partial charge on any atom is -0.360 e. The summed E-state index contributed by atoms with van der Waals surface area (Å²) in [6, 6.07) is 15.2. The molecule has 1 unspecified atom stereocenters. The van der Waals surface area contributed by atoms with Gasteiger partial charge in [0.2, 0.25) is 5.91 Å². The average molecular weight is 434 g/mol. The number of aryl methyl sites for hydroxylation is 1. The second-order valence-electron chi connectivity index (χ2n) is 7.63. The topological polar surface area (TPSA) is 83.0 Å². The van der Waals surface area contributed by atoms with Gasteiger partial charge >= 0.3 is 0 Å². The Morgan fingerprint density at radius 1 is 1.19 bits per heavy atom. The molecule has 1 fully saturated rings. The summed E-state index contributed by atoms with van der Waals surface area (Å²) in [7, 11) is 0. The number of amides is 2. The monoisotopic (exact) mass is 433 g/mol. The molecule has 2 aromatic heterocycles. The number of thioether (sulfide) groups is 1. The fourth-order valence-electron chi connectivity index (χ4n) is 4.15. The zero-order valence-corrected chi connectivity index (χ0v) is 18.0. The van der Waals surface area contributed by atoms with E-state index in [4.69, 9.17) is 0 Å². The molecule has 0 radical (unpaired) electrons.